The first-order chi connectivity index (χ1) is 14.2. The summed E-state index contributed by atoms with van der Waals surface area (Å²) >= 11 is 0. The standard InChI is InChI=1S/C21H29B3F2N2O2/c22-21(23,24)30-14-4-6-19(7-5-14)11-13-2-3-15(29-9-1-8-25)10-16(13)20(19)12-17(26)18(27)28-20/h2-3,10,12,14H,1,4-9,11,22-24H2,(H2,27,28)/t14-,19+,20?. The summed E-state index contributed by atoms with van der Waals surface area (Å²) in [4.78, 5) is 4.73. The van der Waals surface area contributed by atoms with Crippen molar-refractivity contribution in [3.8, 4) is 5.75 Å². The maximum absolute atomic E-state index is 14.6. The average Bonchev–Trinajstić information content (AvgIpc) is 3.11. The Morgan fingerprint density at radius 1 is 1.23 bits per heavy atom. The maximum atomic E-state index is 14.6. The first kappa shape index (κ1) is 21.5. The largest absolute Gasteiger partial charge is 0.493 e. The quantitative estimate of drug-likeness (QED) is 0.558. The van der Waals surface area contributed by atoms with Gasteiger partial charge in [0.05, 0.1) is 19.4 Å². The van der Waals surface area contributed by atoms with Gasteiger partial charge in [0.2, 0.25) is 0 Å². The lowest BCUT2D eigenvalue weighted by atomic mass is 9.52. The molecule has 0 amide bonds. The molecule has 1 unspecified atom stereocenters. The first-order valence-corrected chi connectivity index (χ1v) is 10.9. The van der Waals surface area contributed by atoms with E-state index in [0.717, 1.165) is 43.2 Å². The van der Waals surface area contributed by atoms with E-state index in [-0.39, 0.29) is 22.7 Å². The second kappa shape index (κ2) is 7.74. The van der Waals surface area contributed by atoms with Crippen molar-refractivity contribution < 1.29 is 18.3 Å². The topological polar surface area (TPSA) is 56.8 Å². The number of nitrogens with zero attached hydrogens (tertiary/aromatic N) is 1. The number of aliphatic imine (C=N–C) groups is 1. The van der Waals surface area contributed by atoms with E-state index in [1.165, 1.54) is 0 Å². The number of hydrogen-bond donors (Lipinski definition) is 1. The van der Waals surface area contributed by atoms with Crippen LogP contribution in [-0.4, -0.2) is 54.1 Å². The summed E-state index contributed by atoms with van der Waals surface area (Å²) in [6, 6.07) is 5.91. The van der Waals surface area contributed by atoms with E-state index in [1.807, 2.05) is 18.2 Å². The molecular weight excluding hydrogens is 383 g/mol. The normalized spacial score (nSPS) is 30.4. The molecule has 4 rings (SSSR count). The Hall–Kier alpha value is -1.76. The molecule has 4 nitrogen and oxygen atoms in total. The second-order valence-corrected chi connectivity index (χ2v) is 9.85. The minimum absolute atomic E-state index is 0.0287. The molecule has 1 atom stereocenters. The number of benzene rings is 1. The van der Waals surface area contributed by atoms with E-state index in [1.54, 1.807) is 6.08 Å². The molecule has 1 aliphatic heterocycles. The molecular formula is C21H29B3F2N2O2. The van der Waals surface area contributed by atoms with Gasteiger partial charge in [-0.05, 0) is 66.7 Å². The molecule has 0 saturated heterocycles. The van der Waals surface area contributed by atoms with Crippen LogP contribution >= 0.6 is 0 Å². The van der Waals surface area contributed by atoms with Gasteiger partial charge in [-0.25, -0.2) is 9.38 Å². The summed E-state index contributed by atoms with van der Waals surface area (Å²) in [6.45, 7) is -0.0978. The molecule has 0 radical (unpaired) electrons. The average molecular weight is 412 g/mol. The van der Waals surface area contributed by atoms with Crippen molar-refractivity contribution in [3.63, 3.8) is 0 Å². The fraction of sp³-hybridized carbons (Fsp3) is 0.571. The summed E-state index contributed by atoms with van der Waals surface area (Å²) in [5.74, 6) is 0.191. The van der Waals surface area contributed by atoms with Gasteiger partial charge >= 0.3 is 0 Å². The first-order valence-electron chi connectivity index (χ1n) is 10.9. The van der Waals surface area contributed by atoms with Crippen molar-refractivity contribution in [1.29, 1.82) is 0 Å². The fourth-order valence-electron chi connectivity index (χ4n) is 5.45. The SMILES string of the molecule is BC(B)(B)O[C@H]1CC[C@@]2(CC1)Cc1ccc(OCCCF)cc1C21C=C(F)C(N)=N1. The van der Waals surface area contributed by atoms with Crippen LogP contribution in [0.2, 0.25) is 0 Å². The smallest absolute Gasteiger partial charge is 0.163 e. The van der Waals surface area contributed by atoms with E-state index in [9.17, 15) is 8.78 Å². The second-order valence-electron chi connectivity index (χ2n) is 9.85. The van der Waals surface area contributed by atoms with Crippen LogP contribution in [0, 0.1) is 5.41 Å². The Morgan fingerprint density at radius 3 is 2.57 bits per heavy atom. The van der Waals surface area contributed by atoms with Gasteiger partial charge in [-0.2, -0.15) is 0 Å². The summed E-state index contributed by atoms with van der Waals surface area (Å²) in [7, 11) is 6.23. The molecule has 2 aliphatic carbocycles. The van der Waals surface area contributed by atoms with Gasteiger partial charge in [0.15, 0.2) is 11.7 Å². The van der Waals surface area contributed by atoms with Crippen LogP contribution in [-0.2, 0) is 16.7 Å². The zero-order valence-electron chi connectivity index (χ0n) is 18.1. The highest BCUT2D eigenvalue weighted by atomic mass is 19.1. The Labute approximate surface area is 179 Å². The lowest BCUT2D eigenvalue weighted by molar-refractivity contribution is -0.0213. The van der Waals surface area contributed by atoms with Crippen LogP contribution in [0.15, 0.2) is 35.1 Å². The minimum atomic E-state index is -0.803. The van der Waals surface area contributed by atoms with Crippen molar-refractivity contribution in [2.24, 2.45) is 16.1 Å². The molecule has 1 aromatic rings. The number of amidine groups is 1. The molecule has 1 fully saturated rings. The third-order valence-corrected chi connectivity index (χ3v) is 6.66. The van der Waals surface area contributed by atoms with Crippen molar-refractivity contribution in [2.75, 3.05) is 13.3 Å². The summed E-state index contributed by atoms with van der Waals surface area (Å²) < 4.78 is 39.0. The van der Waals surface area contributed by atoms with Crippen molar-refractivity contribution in [1.82, 2.24) is 0 Å². The molecule has 1 heterocycles. The molecule has 0 bridgehead atoms. The van der Waals surface area contributed by atoms with Crippen LogP contribution < -0.4 is 10.5 Å². The van der Waals surface area contributed by atoms with E-state index >= 15 is 0 Å². The summed E-state index contributed by atoms with van der Waals surface area (Å²) in [5, 5.41) is -0.181. The highest BCUT2D eigenvalue weighted by Crippen LogP contribution is 2.62. The van der Waals surface area contributed by atoms with Gasteiger partial charge in [0.1, 0.15) is 34.8 Å². The third-order valence-electron chi connectivity index (χ3n) is 6.66. The Kier molecular flexibility index (Phi) is 5.54. The highest BCUT2D eigenvalue weighted by molar-refractivity contribution is 6.58. The van der Waals surface area contributed by atoms with Crippen molar-refractivity contribution in [3.05, 3.63) is 41.2 Å². The van der Waals surface area contributed by atoms with Crippen LogP contribution in [0.3, 0.4) is 0 Å². The Balaban J connectivity index is 1.66. The van der Waals surface area contributed by atoms with E-state index in [0.29, 0.717) is 18.8 Å². The monoisotopic (exact) mass is 412 g/mol. The zero-order chi connectivity index (χ0) is 21.6. The molecule has 9 heteroatoms. The van der Waals surface area contributed by atoms with Gasteiger partial charge in [0, 0.05) is 11.8 Å². The predicted octanol–water partition coefficient (Wildman–Crippen LogP) is 0.857. The molecule has 2 N–H and O–H groups in total. The van der Waals surface area contributed by atoms with E-state index in [2.05, 4.69) is 23.5 Å². The van der Waals surface area contributed by atoms with Gasteiger partial charge in [0.25, 0.3) is 0 Å². The van der Waals surface area contributed by atoms with Gasteiger partial charge in [-0.3, -0.25) is 4.39 Å². The van der Waals surface area contributed by atoms with Crippen LogP contribution in [0.1, 0.15) is 43.2 Å². The Morgan fingerprint density at radius 2 is 1.97 bits per heavy atom. The molecule has 2 spiro atoms. The summed E-state index contributed by atoms with van der Waals surface area (Å²) in [6.07, 6.45) is 6.60. The molecule has 3 aliphatic rings. The maximum Gasteiger partial charge on any atom is 0.163 e. The Bertz CT molecular complexity index is 859. The number of alkyl halides is 1. The molecule has 1 aromatic carbocycles. The predicted molar refractivity (Wildman–Crippen MR) is 123 cm³/mol. The lowest BCUT2D eigenvalue weighted by Gasteiger charge is -2.46. The van der Waals surface area contributed by atoms with Crippen molar-refractivity contribution in [2.45, 2.75) is 55.5 Å². The molecule has 158 valence electrons. The van der Waals surface area contributed by atoms with E-state index < -0.39 is 18.0 Å². The van der Waals surface area contributed by atoms with Crippen LogP contribution in [0.5, 0.6) is 5.75 Å². The van der Waals surface area contributed by atoms with E-state index in [4.69, 9.17) is 20.2 Å². The zero-order valence-corrected chi connectivity index (χ0v) is 18.1. The van der Waals surface area contributed by atoms with Crippen molar-refractivity contribution >= 4 is 29.4 Å². The number of nitrogens with two attached hydrogens (primary N) is 1. The third kappa shape index (κ3) is 3.70. The lowest BCUT2D eigenvalue weighted by Crippen LogP contribution is -2.46. The van der Waals surface area contributed by atoms with Crippen LogP contribution in [0.4, 0.5) is 8.78 Å². The number of fused-ring (bicyclic) bond motifs is 3. The molecule has 30 heavy (non-hydrogen) atoms. The van der Waals surface area contributed by atoms with Crippen LogP contribution in [0.25, 0.3) is 0 Å². The van der Waals surface area contributed by atoms with Gasteiger partial charge in [-0.15, -0.1) is 0 Å². The number of halogens is 2. The fourth-order valence-corrected chi connectivity index (χ4v) is 5.45. The highest BCUT2D eigenvalue weighted by Gasteiger charge is 2.59. The number of rotatable bonds is 6. The molecule has 0 aromatic heterocycles. The van der Waals surface area contributed by atoms with Gasteiger partial charge in [-0.1, -0.05) is 6.07 Å². The number of hydrogen-bond acceptors (Lipinski definition) is 4. The molecule has 1 saturated carbocycles. The number of ether oxygens (including phenoxy) is 2. The summed E-state index contributed by atoms with van der Waals surface area (Å²) in [5.41, 5.74) is 7.04. The van der Waals surface area contributed by atoms with Gasteiger partial charge < -0.3 is 15.2 Å². The minimum Gasteiger partial charge on any atom is -0.493 e.